The summed E-state index contributed by atoms with van der Waals surface area (Å²) in [5.41, 5.74) is 8.08. The van der Waals surface area contributed by atoms with Gasteiger partial charge in [0.2, 0.25) is 0 Å². The molecule has 27 heavy (non-hydrogen) atoms. The molecule has 0 spiro atoms. The van der Waals surface area contributed by atoms with E-state index in [1.807, 2.05) is 61.5 Å². The van der Waals surface area contributed by atoms with Gasteiger partial charge in [-0.25, -0.2) is 0 Å². The minimum Gasteiger partial charge on any atom is -0.494 e. The lowest BCUT2D eigenvalue weighted by molar-refractivity contribution is 0.0947. The second-order valence-electron chi connectivity index (χ2n) is 6.18. The smallest absolute Gasteiger partial charge is 0.275 e. The van der Waals surface area contributed by atoms with Crippen molar-refractivity contribution in [1.82, 2.24) is 20.3 Å². The largest absolute Gasteiger partial charge is 0.494 e. The lowest BCUT2D eigenvalue weighted by Crippen LogP contribution is -2.28. The number of carbonyl (C=O) groups is 1. The van der Waals surface area contributed by atoms with E-state index in [2.05, 4.69) is 22.6 Å². The van der Waals surface area contributed by atoms with Crippen LogP contribution >= 0.6 is 0 Å². The molecule has 0 saturated heterocycles. The van der Waals surface area contributed by atoms with Crippen LogP contribution in [-0.2, 0) is 0 Å². The van der Waals surface area contributed by atoms with E-state index in [1.165, 1.54) is 4.68 Å². The van der Waals surface area contributed by atoms with Gasteiger partial charge in [0.1, 0.15) is 5.75 Å². The van der Waals surface area contributed by atoms with Gasteiger partial charge in [0.15, 0.2) is 11.5 Å². The highest BCUT2D eigenvalue weighted by molar-refractivity contribution is 5.96. The number of nitrogens with two attached hydrogens (primary N) is 1. The molecule has 3 rings (SSSR count). The number of nitrogen functional groups attached to an aromatic ring is 1. The van der Waals surface area contributed by atoms with E-state index in [1.54, 1.807) is 0 Å². The van der Waals surface area contributed by atoms with Gasteiger partial charge in [-0.2, -0.15) is 4.68 Å². The Kier molecular flexibility index (Phi) is 5.71. The summed E-state index contributed by atoms with van der Waals surface area (Å²) in [5, 5.41) is 10.8. The molecule has 7 nitrogen and oxygen atoms in total. The van der Waals surface area contributed by atoms with Crippen LogP contribution in [0.4, 0.5) is 5.82 Å². The summed E-state index contributed by atoms with van der Waals surface area (Å²) in [6.45, 7) is 5.05. The van der Waals surface area contributed by atoms with E-state index in [0.717, 1.165) is 11.3 Å². The highest BCUT2D eigenvalue weighted by Gasteiger charge is 2.19. The Hall–Kier alpha value is -3.35. The van der Waals surface area contributed by atoms with Crippen LogP contribution in [0, 0.1) is 0 Å². The van der Waals surface area contributed by atoms with Crippen LogP contribution in [0.5, 0.6) is 5.75 Å². The van der Waals surface area contributed by atoms with Crippen LogP contribution in [0.25, 0.3) is 5.69 Å². The molecule has 0 aliphatic heterocycles. The first kappa shape index (κ1) is 18.4. The van der Waals surface area contributed by atoms with Gasteiger partial charge in [-0.05, 0) is 42.7 Å². The van der Waals surface area contributed by atoms with Crippen molar-refractivity contribution in [3.63, 3.8) is 0 Å². The molecule has 0 aliphatic rings. The van der Waals surface area contributed by atoms with Crippen LogP contribution in [0.3, 0.4) is 0 Å². The fourth-order valence-corrected chi connectivity index (χ4v) is 2.72. The number of benzene rings is 2. The predicted octanol–water partition coefficient (Wildman–Crippen LogP) is 2.78. The zero-order valence-electron chi connectivity index (χ0n) is 15.4. The molecule has 3 N–H and O–H groups in total. The van der Waals surface area contributed by atoms with Crippen molar-refractivity contribution in [2.24, 2.45) is 0 Å². The molecular formula is C20H23N5O2. The molecular weight excluding hydrogens is 342 g/mol. The average molecular weight is 365 g/mol. The molecule has 7 heteroatoms. The van der Waals surface area contributed by atoms with Crippen molar-refractivity contribution in [2.45, 2.75) is 19.8 Å². The lowest BCUT2D eigenvalue weighted by atomic mass is 10.0. The van der Waals surface area contributed by atoms with Crippen LogP contribution in [0.1, 0.15) is 35.8 Å². The molecule has 1 heterocycles. The van der Waals surface area contributed by atoms with Crippen molar-refractivity contribution >= 4 is 11.7 Å². The highest BCUT2D eigenvalue weighted by atomic mass is 16.5. The SMILES string of the molecule is CCOc1ccc(-n2nnc(C(=O)NC[C@H](C)c3ccccc3)c2N)cc1. The van der Waals surface area contributed by atoms with Crippen molar-refractivity contribution in [3.05, 3.63) is 65.9 Å². The summed E-state index contributed by atoms with van der Waals surface area (Å²) >= 11 is 0. The van der Waals surface area contributed by atoms with E-state index in [0.29, 0.717) is 18.8 Å². The standard InChI is InChI=1S/C20H23N5O2/c1-3-27-17-11-9-16(10-12-17)25-19(21)18(23-24-25)20(26)22-13-14(2)15-7-5-4-6-8-15/h4-12,14H,3,13,21H2,1-2H3,(H,22,26)/t14-/m0/s1. The molecule has 3 aromatic rings. The number of carbonyl (C=O) groups excluding carboxylic acids is 1. The monoisotopic (exact) mass is 365 g/mol. The van der Waals surface area contributed by atoms with Gasteiger partial charge in [0.25, 0.3) is 5.91 Å². The van der Waals surface area contributed by atoms with E-state index in [4.69, 9.17) is 10.5 Å². The third-order valence-electron chi connectivity index (χ3n) is 4.25. The first-order valence-corrected chi connectivity index (χ1v) is 8.87. The molecule has 1 aromatic heterocycles. The summed E-state index contributed by atoms with van der Waals surface area (Å²) in [4.78, 5) is 12.5. The summed E-state index contributed by atoms with van der Waals surface area (Å²) in [5.74, 6) is 0.793. The van der Waals surface area contributed by atoms with Crippen LogP contribution < -0.4 is 15.8 Å². The lowest BCUT2D eigenvalue weighted by Gasteiger charge is -2.12. The van der Waals surface area contributed by atoms with Gasteiger partial charge in [-0.15, -0.1) is 5.10 Å². The molecule has 0 bridgehead atoms. The summed E-state index contributed by atoms with van der Waals surface area (Å²) in [7, 11) is 0. The maximum absolute atomic E-state index is 12.5. The zero-order valence-corrected chi connectivity index (χ0v) is 15.4. The third-order valence-corrected chi connectivity index (χ3v) is 4.25. The Morgan fingerprint density at radius 3 is 2.56 bits per heavy atom. The number of aromatic nitrogens is 3. The Morgan fingerprint density at radius 1 is 1.19 bits per heavy atom. The summed E-state index contributed by atoms with van der Waals surface area (Å²) in [6, 6.07) is 17.3. The van der Waals surface area contributed by atoms with Gasteiger partial charge >= 0.3 is 0 Å². The Morgan fingerprint density at radius 2 is 1.89 bits per heavy atom. The van der Waals surface area contributed by atoms with E-state index < -0.39 is 0 Å². The average Bonchev–Trinajstić information content (AvgIpc) is 3.09. The van der Waals surface area contributed by atoms with Crippen molar-refractivity contribution in [2.75, 3.05) is 18.9 Å². The molecule has 0 radical (unpaired) electrons. The van der Waals surface area contributed by atoms with Crippen LogP contribution in [0.15, 0.2) is 54.6 Å². The number of hydrogen-bond acceptors (Lipinski definition) is 5. The van der Waals surface area contributed by atoms with E-state index >= 15 is 0 Å². The maximum atomic E-state index is 12.5. The van der Waals surface area contributed by atoms with Crippen molar-refractivity contribution < 1.29 is 9.53 Å². The second-order valence-corrected chi connectivity index (χ2v) is 6.18. The molecule has 1 amide bonds. The first-order valence-electron chi connectivity index (χ1n) is 8.87. The van der Waals surface area contributed by atoms with Crippen molar-refractivity contribution in [3.8, 4) is 11.4 Å². The predicted molar refractivity (Wildman–Crippen MR) is 104 cm³/mol. The highest BCUT2D eigenvalue weighted by Crippen LogP contribution is 2.19. The first-order chi connectivity index (χ1) is 13.1. The topological polar surface area (TPSA) is 95.1 Å². The third kappa shape index (κ3) is 4.25. The number of hydrogen-bond donors (Lipinski definition) is 2. The van der Waals surface area contributed by atoms with Gasteiger partial charge in [0, 0.05) is 6.54 Å². The fourth-order valence-electron chi connectivity index (χ4n) is 2.72. The fraction of sp³-hybridized carbons (Fsp3) is 0.250. The molecule has 0 fully saturated rings. The molecule has 0 saturated carbocycles. The summed E-state index contributed by atoms with van der Waals surface area (Å²) in [6.07, 6.45) is 0. The zero-order chi connectivity index (χ0) is 19.2. The number of nitrogens with zero attached hydrogens (tertiary/aromatic N) is 3. The molecule has 0 aliphatic carbocycles. The van der Waals surface area contributed by atoms with Gasteiger partial charge < -0.3 is 15.8 Å². The Labute approximate surface area is 158 Å². The number of rotatable bonds is 7. The number of anilines is 1. The quantitative estimate of drug-likeness (QED) is 0.671. The van der Waals surface area contributed by atoms with E-state index in [9.17, 15) is 4.79 Å². The number of nitrogens with one attached hydrogen (secondary N) is 1. The van der Waals surface area contributed by atoms with E-state index in [-0.39, 0.29) is 23.3 Å². The molecule has 140 valence electrons. The second kappa shape index (κ2) is 8.35. The molecule has 1 atom stereocenters. The number of ether oxygens (including phenoxy) is 1. The van der Waals surface area contributed by atoms with Crippen LogP contribution in [0.2, 0.25) is 0 Å². The van der Waals surface area contributed by atoms with Crippen LogP contribution in [-0.4, -0.2) is 34.1 Å². The van der Waals surface area contributed by atoms with Gasteiger partial charge in [-0.3, -0.25) is 4.79 Å². The van der Waals surface area contributed by atoms with Crippen molar-refractivity contribution in [1.29, 1.82) is 0 Å². The molecule has 2 aromatic carbocycles. The normalized spacial score (nSPS) is 11.8. The Balaban J connectivity index is 1.68. The maximum Gasteiger partial charge on any atom is 0.275 e. The van der Waals surface area contributed by atoms with Gasteiger partial charge in [0.05, 0.1) is 12.3 Å². The van der Waals surface area contributed by atoms with Gasteiger partial charge in [-0.1, -0.05) is 42.5 Å². The molecule has 0 unspecified atom stereocenters. The number of amides is 1. The minimum absolute atomic E-state index is 0.115. The minimum atomic E-state index is -0.340. The summed E-state index contributed by atoms with van der Waals surface area (Å²) < 4.78 is 6.86. The Bertz CT molecular complexity index is 890.